The first-order chi connectivity index (χ1) is 15.7. The van der Waals surface area contributed by atoms with Gasteiger partial charge < -0.3 is 4.74 Å². The van der Waals surface area contributed by atoms with Gasteiger partial charge >= 0.3 is 0 Å². The van der Waals surface area contributed by atoms with Gasteiger partial charge in [-0.15, -0.1) is 0 Å². The van der Waals surface area contributed by atoms with Crippen molar-refractivity contribution in [2.75, 3.05) is 6.61 Å². The van der Waals surface area contributed by atoms with Gasteiger partial charge in [-0.05, 0) is 82.5 Å². The number of ether oxygens (including phenoxy) is 1. The fraction of sp³-hybridized carbons (Fsp3) is 0.321. The third kappa shape index (κ3) is 4.45. The van der Waals surface area contributed by atoms with Crippen LogP contribution in [0.15, 0.2) is 60.9 Å². The molecule has 0 aliphatic heterocycles. The topological polar surface area (TPSA) is 22.1 Å². The molecule has 4 heteroatoms. The zero-order valence-corrected chi connectivity index (χ0v) is 18.1. The van der Waals surface area contributed by atoms with Crippen LogP contribution in [0, 0.1) is 17.6 Å². The molecule has 1 aromatic heterocycles. The second-order valence-corrected chi connectivity index (χ2v) is 8.89. The van der Waals surface area contributed by atoms with Gasteiger partial charge in [0.1, 0.15) is 17.4 Å². The van der Waals surface area contributed by atoms with Crippen LogP contribution in [0.5, 0.6) is 5.75 Å². The van der Waals surface area contributed by atoms with Gasteiger partial charge in [0.2, 0.25) is 0 Å². The number of fused-ring (bicyclic) bond motifs is 1. The number of rotatable bonds is 6. The van der Waals surface area contributed by atoms with Crippen molar-refractivity contribution in [2.24, 2.45) is 5.92 Å². The van der Waals surface area contributed by atoms with Crippen molar-refractivity contribution >= 4 is 11.1 Å². The summed E-state index contributed by atoms with van der Waals surface area (Å²) in [6.07, 6.45) is 12.0. The summed E-state index contributed by atoms with van der Waals surface area (Å²) in [5.41, 5.74) is 5.50. The van der Waals surface area contributed by atoms with E-state index in [2.05, 4.69) is 11.1 Å². The lowest BCUT2D eigenvalue weighted by Gasteiger charge is -2.21. The minimum atomic E-state index is -0.575. The lowest BCUT2D eigenvalue weighted by atomic mass is 9.87. The Morgan fingerprint density at radius 1 is 0.906 bits per heavy atom. The average Bonchev–Trinajstić information content (AvgIpc) is 3.19. The van der Waals surface area contributed by atoms with Crippen molar-refractivity contribution in [2.45, 2.75) is 44.9 Å². The van der Waals surface area contributed by atoms with E-state index in [0.29, 0.717) is 12.0 Å². The van der Waals surface area contributed by atoms with Gasteiger partial charge in [0.05, 0.1) is 6.61 Å². The number of nitrogens with zero attached hydrogens (tertiary/aromatic N) is 1. The molecule has 0 spiro atoms. The molecule has 1 fully saturated rings. The molecule has 0 N–H and O–H groups in total. The summed E-state index contributed by atoms with van der Waals surface area (Å²) in [5.74, 6) is 0.492. The molecule has 1 saturated carbocycles. The molecule has 3 aromatic rings. The van der Waals surface area contributed by atoms with E-state index in [1.54, 1.807) is 12.4 Å². The summed E-state index contributed by atoms with van der Waals surface area (Å²) in [4.78, 5) is 4.25. The summed E-state index contributed by atoms with van der Waals surface area (Å²) in [5, 5.41) is 0. The predicted molar refractivity (Wildman–Crippen MR) is 123 cm³/mol. The third-order valence-corrected chi connectivity index (χ3v) is 6.70. The Balaban J connectivity index is 1.43. The first kappa shape index (κ1) is 20.9. The van der Waals surface area contributed by atoms with Crippen LogP contribution in [0.25, 0.3) is 11.1 Å². The minimum Gasteiger partial charge on any atom is -0.494 e. The molecule has 2 aromatic carbocycles. The Kier molecular flexibility index (Phi) is 6.02. The van der Waals surface area contributed by atoms with Crippen molar-refractivity contribution in [1.29, 1.82) is 0 Å². The average molecular weight is 432 g/mol. The molecule has 2 aliphatic carbocycles. The predicted octanol–water partition coefficient (Wildman–Crippen LogP) is 7.22. The normalized spacial score (nSPS) is 16.3. The molecular weight excluding hydrogens is 404 g/mol. The van der Waals surface area contributed by atoms with Crippen LogP contribution < -0.4 is 4.74 Å². The number of benzene rings is 2. The lowest BCUT2D eigenvalue weighted by molar-refractivity contribution is 0.246. The maximum atomic E-state index is 14.0. The van der Waals surface area contributed by atoms with Crippen molar-refractivity contribution in [3.05, 3.63) is 94.8 Å². The standard InChI is InChI=1S/C28H27F2NO/c29-23-13-22(14-24(30)17-23)28-26-9-8-25(32-12-10-19-5-2-1-3-6-19)15-21(26)16-27(28)20-7-4-11-31-18-20/h4,7-9,11,13-15,17-19H,1-3,5-6,10,12,16H2. The van der Waals surface area contributed by atoms with E-state index in [9.17, 15) is 8.78 Å². The van der Waals surface area contributed by atoms with Gasteiger partial charge in [0.25, 0.3) is 0 Å². The second kappa shape index (κ2) is 9.23. The number of hydrogen-bond acceptors (Lipinski definition) is 2. The smallest absolute Gasteiger partial charge is 0.126 e. The molecule has 0 radical (unpaired) electrons. The van der Waals surface area contributed by atoms with E-state index in [-0.39, 0.29) is 0 Å². The summed E-state index contributed by atoms with van der Waals surface area (Å²) in [6, 6.07) is 13.7. The molecule has 0 amide bonds. The molecule has 0 atom stereocenters. The van der Waals surface area contributed by atoms with Gasteiger partial charge in [-0.1, -0.05) is 44.2 Å². The maximum Gasteiger partial charge on any atom is 0.126 e. The Labute approximate surface area is 188 Å². The van der Waals surface area contributed by atoms with Crippen LogP contribution in [0.3, 0.4) is 0 Å². The van der Waals surface area contributed by atoms with E-state index >= 15 is 0 Å². The Bertz CT molecular complexity index is 1110. The first-order valence-electron chi connectivity index (χ1n) is 11.5. The van der Waals surface area contributed by atoms with Crippen LogP contribution in [-0.4, -0.2) is 11.6 Å². The Morgan fingerprint density at radius 2 is 1.72 bits per heavy atom. The molecule has 0 unspecified atom stereocenters. The van der Waals surface area contributed by atoms with Crippen LogP contribution in [0.1, 0.15) is 60.8 Å². The molecule has 2 nitrogen and oxygen atoms in total. The van der Waals surface area contributed by atoms with E-state index in [4.69, 9.17) is 4.74 Å². The largest absolute Gasteiger partial charge is 0.494 e. The van der Waals surface area contributed by atoms with E-state index in [0.717, 1.165) is 58.6 Å². The molecule has 164 valence electrons. The fourth-order valence-corrected chi connectivity index (χ4v) is 5.13. The minimum absolute atomic E-state index is 0.547. The van der Waals surface area contributed by atoms with Crippen molar-refractivity contribution in [3.8, 4) is 5.75 Å². The molecule has 2 aliphatic rings. The van der Waals surface area contributed by atoms with E-state index in [1.807, 2.05) is 24.3 Å². The van der Waals surface area contributed by atoms with Gasteiger partial charge in [-0.3, -0.25) is 4.98 Å². The summed E-state index contributed by atoms with van der Waals surface area (Å²) in [7, 11) is 0. The third-order valence-electron chi connectivity index (χ3n) is 6.70. The number of pyridine rings is 1. The Morgan fingerprint density at radius 3 is 2.47 bits per heavy atom. The SMILES string of the molecule is Fc1cc(F)cc(C2=C(c3cccnc3)Cc3cc(OCCC4CCCCC4)ccc32)c1. The van der Waals surface area contributed by atoms with Crippen LogP contribution in [0.2, 0.25) is 0 Å². The summed E-state index contributed by atoms with van der Waals surface area (Å²) >= 11 is 0. The maximum absolute atomic E-state index is 14.0. The van der Waals surface area contributed by atoms with Gasteiger partial charge in [-0.2, -0.15) is 0 Å². The number of hydrogen-bond donors (Lipinski definition) is 0. The summed E-state index contributed by atoms with van der Waals surface area (Å²) in [6.45, 7) is 0.730. The van der Waals surface area contributed by atoms with Crippen LogP contribution in [0.4, 0.5) is 8.78 Å². The van der Waals surface area contributed by atoms with Crippen molar-refractivity contribution < 1.29 is 13.5 Å². The van der Waals surface area contributed by atoms with E-state index < -0.39 is 11.6 Å². The van der Waals surface area contributed by atoms with Crippen LogP contribution in [-0.2, 0) is 6.42 Å². The first-order valence-corrected chi connectivity index (χ1v) is 11.5. The molecular formula is C28H27F2NO. The van der Waals surface area contributed by atoms with Gasteiger partial charge in [0, 0.05) is 18.5 Å². The highest BCUT2D eigenvalue weighted by Gasteiger charge is 2.25. The monoisotopic (exact) mass is 431 g/mol. The molecule has 0 bridgehead atoms. The zero-order valence-electron chi connectivity index (χ0n) is 18.1. The highest BCUT2D eigenvalue weighted by Crippen LogP contribution is 2.43. The Hall–Kier alpha value is -3.01. The highest BCUT2D eigenvalue weighted by molar-refractivity contribution is 6.03. The second-order valence-electron chi connectivity index (χ2n) is 8.89. The number of aromatic nitrogens is 1. The molecule has 1 heterocycles. The molecule has 0 saturated heterocycles. The van der Waals surface area contributed by atoms with Crippen molar-refractivity contribution in [3.63, 3.8) is 0 Å². The molecule has 5 rings (SSSR count). The fourth-order valence-electron chi connectivity index (χ4n) is 5.13. The molecule has 32 heavy (non-hydrogen) atoms. The van der Waals surface area contributed by atoms with Gasteiger partial charge in [-0.25, -0.2) is 8.78 Å². The number of allylic oxidation sites excluding steroid dienone is 1. The lowest BCUT2D eigenvalue weighted by Crippen LogP contribution is -2.10. The van der Waals surface area contributed by atoms with Crippen molar-refractivity contribution in [1.82, 2.24) is 4.98 Å². The van der Waals surface area contributed by atoms with E-state index in [1.165, 1.54) is 44.2 Å². The van der Waals surface area contributed by atoms with Gasteiger partial charge in [0.15, 0.2) is 0 Å². The summed E-state index contributed by atoms with van der Waals surface area (Å²) < 4.78 is 34.2. The zero-order chi connectivity index (χ0) is 21.9. The quantitative estimate of drug-likeness (QED) is 0.411. The van der Waals surface area contributed by atoms with Crippen LogP contribution >= 0.6 is 0 Å². The number of halogens is 2. The highest BCUT2D eigenvalue weighted by atomic mass is 19.1.